The molecule has 7 nitrogen and oxygen atoms in total. The fourth-order valence-electron chi connectivity index (χ4n) is 2.67. The molecule has 144 valence electrons. The van der Waals surface area contributed by atoms with E-state index in [-0.39, 0.29) is 12.4 Å². The number of rotatable bonds is 7. The molecule has 3 aromatic rings. The smallest absolute Gasteiger partial charge is 0.225 e. The van der Waals surface area contributed by atoms with Crippen molar-refractivity contribution in [3.63, 3.8) is 0 Å². The zero-order chi connectivity index (χ0) is 18.5. The lowest BCUT2D eigenvalue weighted by Crippen LogP contribution is -2.09. The van der Waals surface area contributed by atoms with Gasteiger partial charge in [-0.1, -0.05) is 12.1 Å². The minimum atomic E-state index is 0. The van der Waals surface area contributed by atoms with E-state index in [0.29, 0.717) is 35.3 Å². The monoisotopic (exact) mass is 390 g/mol. The second-order valence-corrected chi connectivity index (χ2v) is 5.68. The van der Waals surface area contributed by atoms with Crippen LogP contribution in [-0.2, 0) is 6.42 Å². The SMILES string of the molecule is COc1ccc(CCNc2nc(N)c3cc(OC)c(OC)cc3n2)cc1.Cl. The second kappa shape index (κ2) is 9.14. The highest BCUT2D eigenvalue weighted by Crippen LogP contribution is 2.33. The predicted octanol–water partition coefficient (Wildman–Crippen LogP) is 3.31. The van der Waals surface area contributed by atoms with Crippen LogP contribution in [0, 0.1) is 0 Å². The molecule has 1 heterocycles. The van der Waals surface area contributed by atoms with E-state index in [0.717, 1.165) is 17.6 Å². The molecule has 0 unspecified atom stereocenters. The van der Waals surface area contributed by atoms with Gasteiger partial charge >= 0.3 is 0 Å². The Labute approximate surface area is 164 Å². The van der Waals surface area contributed by atoms with Gasteiger partial charge < -0.3 is 25.3 Å². The van der Waals surface area contributed by atoms with Gasteiger partial charge in [-0.15, -0.1) is 12.4 Å². The fourth-order valence-corrected chi connectivity index (χ4v) is 2.67. The van der Waals surface area contributed by atoms with Crippen molar-refractivity contribution in [2.45, 2.75) is 6.42 Å². The molecule has 0 aliphatic rings. The highest BCUT2D eigenvalue weighted by atomic mass is 35.5. The summed E-state index contributed by atoms with van der Waals surface area (Å²) in [7, 11) is 4.82. The number of aromatic nitrogens is 2. The van der Waals surface area contributed by atoms with Crippen molar-refractivity contribution in [3.05, 3.63) is 42.0 Å². The molecule has 1 aromatic heterocycles. The van der Waals surface area contributed by atoms with Gasteiger partial charge in [-0.3, -0.25) is 0 Å². The lowest BCUT2D eigenvalue weighted by molar-refractivity contribution is 0.356. The quantitative estimate of drug-likeness (QED) is 0.639. The number of nitrogen functional groups attached to an aromatic ring is 1. The number of benzene rings is 2. The molecule has 2 aromatic carbocycles. The van der Waals surface area contributed by atoms with E-state index >= 15 is 0 Å². The third-order valence-corrected chi connectivity index (χ3v) is 4.09. The number of nitrogens with zero attached hydrogens (tertiary/aromatic N) is 2. The average Bonchev–Trinajstić information content (AvgIpc) is 2.67. The van der Waals surface area contributed by atoms with Crippen LogP contribution < -0.4 is 25.3 Å². The van der Waals surface area contributed by atoms with Gasteiger partial charge in [0.2, 0.25) is 5.95 Å². The first kappa shape index (κ1) is 20.4. The van der Waals surface area contributed by atoms with Gasteiger partial charge in [0.05, 0.1) is 26.8 Å². The number of fused-ring (bicyclic) bond motifs is 1. The van der Waals surface area contributed by atoms with Gasteiger partial charge in [-0.05, 0) is 30.2 Å². The molecule has 0 spiro atoms. The van der Waals surface area contributed by atoms with Crippen LogP contribution in [0.2, 0.25) is 0 Å². The third-order valence-electron chi connectivity index (χ3n) is 4.09. The fraction of sp³-hybridized carbons (Fsp3) is 0.263. The van der Waals surface area contributed by atoms with Crippen LogP contribution in [0.4, 0.5) is 11.8 Å². The molecule has 0 saturated carbocycles. The van der Waals surface area contributed by atoms with Gasteiger partial charge in [0.25, 0.3) is 0 Å². The molecule has 0 fully saturated rings. The van der Waals surface area contributed by atoms with Crippen LogP contribution >= 0.6 is 12.4 Å². The summed E-state index contributed by atoms with van der Waals surface area (Å²) in [5, 5.41) is 3.94. The molecule has 3 N–H and O–H groups in total. The van der Waals surface area contributed by atoms with Gasteiger partial charge in [0, 0.05) is 18.0 Å². The maximum atomic E-state index is 6.09. The number of anilines is 2. The molecule has 0 saturated heterocycles. The zero-order valence-electron chi connectivity index (χ0n) is 15.5. The number of hydrogen-bond donors (Lipinski definition) is 2. The largest absolute Gasteiger partial charge is 0.497 e. The highest BCUT2D eigenvalue weighted by Gasteiger charge is 2.11. The first-order valence-corrected chi connectivity index (χ1v) is 8.20. The molecular weight excluding hydrogens is 368 g/mol. The lowest BCUT2D eigenvalue weighted by Gasteiger charge is -2.11. The minimum absolute atomic E-state index is 0. The standard InChI is InChI=1S/C19H22N4O3.ClH/c1-24-13-6-4-12(5-7-13)8-9-21-19-22-15-11-17(26-3)16(25-2)10-14(15)18(20)23-19;/h4-7,10-11H,8-9H2,1-3H3,(H3,20,21,22,23);1H. The Morgan fingerprint density at radius 3 is 2.22 bits per heavy atom. The number of methoxy groups -OCH3 is 3. The summed E-state index contributed by atoms with van der Waals surface area (Å²) in [6.45, 7) is 0.685. The Kier molecular flexibility index (Phi) is 6.90. The summed E-state index contributed by atoms with van der Waals surface area (Å²) in [5.41, 5.74) is 7.97. The van der Waals surface area contributed by atoms with Crippen molar-refractivity contribution in [3.8, 4) is 17.2 Å². The topological polar surface area (TPSA) is 91.5 Å². The van der Waals surface area contributed by atoms with Crippen molar-refractivity contribution in [1.82, 2.24) is 9.97 Å². The number of nitrogens with one attached hydrogen (secondary N) is 1. The first-order valence-electron chi connectivity index (χ1n) is 8.20. The van der Waals surface area contributed by atoms with Crippen LogP contribution in [0.25, 0.3) is 10.9 Å². The Balaban J connectivity index is 0.00000261. The maximum Gasteiger partial charge on any atom is 0.225 e. The van der Waals surface area contributed by atoms with Gasteiger partial charge in [-0.25, -0.2) is 4.98 Å². The molecule has 3 rings (SSSR count). The van der Waals surface area contributed by atoms with E-state index in [2.05, 4.69) is 15.3 Å². The summed E-state index contributed by atoms with van der Waals surface area (Å²) in [6.07, 6.45) is 0.831. The van der Waals surface area contributed by atoms with Crippen molar-refractivity contribution in [2.24, 2.45) is 0 Å². The molecule has 0 aliphatic heterocycles. The van der Waals surface area contributed by atoms with Crippen molar-refractivity contribution in [2.75, 3.05) is 38.9 Å². The summed E-state index contributed by atoms with van der Waals surface area (Å²) in [6, 6.07) is 11.5. The summed E-state index contributed by atoms with van der Waals surface area (Å²) >= 11 is 0. The minimum Gasteiger partial charge on any atom is -0.497 e. The van der Waals surface area contributed by atoms with E-state index in [9.17, 15) is 0 Å². The molecule has 0 amide bonds. The van der Waals surface area contributed by atoms with Crippen molar-refractivity contribution < 1.29 is 14.2 Å². The maximum absolute atomic E-state index is 6.09. The Morgan fingerprint density at radius 2 is 1.59 bits per heavy atom. The second-order valence-electron chi connectivity index (χ2n) is 5.68. The van der Waals surface area contributed by atoms with E-state index in [1.807, 2.05) is 24.3 Å². The number of ether oxygens (including phenoxy) is 3. The van der Waals surface area contributed by atoms with Crippen LogP contribution in [0.1, 0.15) is 5.56 Å². The van der Waals surface area contributed by atoms with Crippen molar-refractivity contribution >= 4 is 35.1 Å². The summed E-state index contributed by atoms with van der Waals surface area (Å²) in [4.78, 5) is 8.85. The molecule has 0 aliphatic carbocycles. The zero-order valence-corrected chi connectivity index (χ0v) is 16.3. The molecular formula is C19H23ClN4O3. The van der Waals surface area contributed by atoms with E-state index < -0.39 is 0 Å². The Hall–Kier alpha value is -2.93. The van der Waals surface area contributed by atoms with Crippen molar-refractivity contribution in [1.29, 1.82) is 0 Å². The van der Waals surface area contributed by atoms with Crippen LogP contribution in [-0.4, -0.2) is 37.8 Å². The molecule has 27 heavy (non-hydrogen) atoms. The summed E-state index contributed by atoms with van der Waals surface area (Å²) in [5.74, 6) is 2.91. The predicted molar refractivity (Wildman–Crippen MR) is 109 cm³/mol. The lowest BCUT2D eigenvalue weighted by atomic mass is 10.1. The number of halogens is 1. The number of nitrogens with two attached hydrogens (primary N) is 1. The number of hydrogen-bond acceptors (Lipinski definition) is 7. The highest BCUT2D eigenvalue weighted by molar-refractivity contribution is 5.91. The summed E-state index contributed by atoms with van der Waals surface area (Å²) < 4.78 is 15.8. The van der Waals surface area contributed by atoms with Gasteiger partial charge in [0.15, 0.2) is 11.5 Å². The average molecular weight is 391 g/mol. The van der Waals surface area contributed by atoms with E-state index in [1.54, 1.807) is 33.5 Å². The first-order chi connectivity index (χ1) is 12.6. The molecule has 8 heteroatoms. The third kappa shape index (κ3) is 4.62. The van der Waals surface area contributed by atoms with E-state index in [1.165, 1.54) is 5.56 Å². The van der Waals surface area contributed by atoms with Crippen LogP contribution in [0.3, 0.4) is 0 Å². The van der Waals surface area contributed by atoms with E-state index in [4.69, 9.17) is 19.9 Å². The van der Waals surface area contributed by atoms with Gasteiger partial charge in [0.1, 0.15) is 11.6 Å². The van der Waals surface area contributed by atoms with Crippen LogP contribution in [0.15, 0.2) is 36.4 Å². The van der Waals surface area contributed by atoms with Crippen LogP contribution in [0.5, 0.6) is 17.2 Å². The molecule has 0 radical (unpaired) electrons. The Bertz CT molecular complexity index is 904. The van der Waals surface area contributed by atoms with Gasteiger partial charge in [-0.2, -0.15) is 4.98 Å². The Morgan fingerprint density at radius 1 is 0.926 bits per heavy atom. The molecule has 0 atom stereocenters. The normalized spacial score (nSPS) is 10.2. The molecule has 0 bridgehead atoms.